The molecule has 0 aliphatic carbocycles. The van der Waals surface area contributed by atoms with Gasteiger partial charge in [0, 0.05) is 31.7 Å². The summed E-state index contributed by atoms with van der Waals surface area (Å²) in [4.78, 5) is 28.7. The molecule has 0 aromatic carbocycles. The molecule has 0 radical (unpaired) electrons. The number of carbonyl (C=O) groups is 2. The number of aliphatic hydroxyl groups is 1. The molecule has 1 saturated heterocycles. The van der Waals surface area contributed by atoms with E-state index in [0.29, 0.717) is 26.1 Å². The van der Waals surface area contributed by atoms with Crippen LogP contribution in [-0.4, -0.2) is 88.8 Å². The highest BCUT2D eigenvalue weighted by atomic mass is 16.4. The van der Waals surface area contributed by atoms with Gasteiger partial charge < -0.3 is 24.9 Å². The van der Waals surface area contributed by atoms with Crippen molar-refractivity contribution < 1.29 is 19.8 Å². The van der Waals surface area contributed by atoms with Gasteiger partial charge in [-0.15, -0.1) is 0 Å². The molecular weight excluding hydrogens is 274 g/mol. The van der Waals surface area contributed by atoms with Crippen molar-refractivity contribution in [2.75, 3.05) is 33.7 Å². The number of β-amino-alcohol motifs (C(OH)–C–C–N with tert-alkyl or cyclic N) is 1. The zero-order chi connectivity index (χ0) is 16.2. The van der Waals surface area contributed by atoms with Gasteiger partial charge >= 0.3 is 12.0 Å². The number of hydrogen-bond donors (Lipinski definition) is 2. The third-order valence-corrected chi connectivity index (χ3v) is 3.80. The number of likely N-dealkylation sites (tertiary alicyclic amines) is 1. The second-order valence-electron chi connectivity index (χ2n) is 5.97. The fraction of sp³-hybridized carbons (Fsp3) is 0.857. The summed E-state index contributed by atoms with van der Waals surface area (Å²) in [5.74, 6) is -0.917. The van der Waals surface area contributed by atoms with Gasteiger partial charge in [-0.25, -0.2) is 4.79 Å². The van der Waals surface area contributed by atoms with Crippen LogP contribution in [0.4, 0.5) is 4.79 Å². The van der Waals surface area contributed by atoms with E-state index < -0.39 is 12.1 Å². The molecule has 2 amide bonds. The van der Waals surface area contributed by atoms with E-state index in [1.807, 2.05) is 25.9 Å². The van der Waals surface area contributed by atoms with Gasteiger partial charge in [0.15, 0.2) is 0 Å². The molecule has 0 aromatic rings. The lowest BCUT2D eigenvalue weighted by molar-refractivity contribution is -0.138. The second-order valence-corrected chi connectivity index (χ2v) is 5.97. The van der Waals surface area contributed by atoms with E-state index >= 15 is 0 Å². The summed E-state index contributed by atoms with van der Waals surface area (Å²) in [6.07, 6.45) is -0.0179. The molecule has 3 unspecified atom stereocenters. The number of rotatable bonds is 6. The van der Waals surface area contributed by atoms with Crippen LogP contribution < -0.4 is 0 Å². The molecule has 0 spiro atoms. The van der Waals surface area contributed by atoms with Crippen molar-refractivity contribution in [3.05, 3.63) is 0 Å². The zero-order valence-corrected chi connectivity index (χ0v) is 13.3. The number of nitrogens with zero attached hydrogens (tertiary/aromatic N) is 3. The first-order valence-corrected chi connectivity index (χ1v) is 7.38. The summed E-state index contributed by atoms with van der Waals surface area (Å²) in [6, 6.07) is -0.582. The fourth-order valence-electron chi connectivity index (χ4n) is 2.88. The van der Waals surface area contributed by atoms with Gasteiger partial charge in [-0.2, -0.15) is 0 Å². The average molecular weight is 301 g/mol. The molecule has 7 nitrogen and oxygen atoms in total. The lowest BCUT2D eigenvalue weighted by Gasteiger charge is -2.35. The van der Waals surface area contributed by atoms with E-state index in [1.165, 1.54) is 0 Å². The molecule has 3 atom stereocenters. The third-order valence-electron chi connectivity index (χ3n) is 3.80. The summed E-state index contributed by atoms with van der Waals surface area (Å²) in [5.41, 5.74) is 0. The quantitative estimate of drug-likeness (QED) is 0.736. The minimum atomic E-state index is -0.917. The van der Waals surface area contributed by atoms with Crippen molar-refractivity contribution in [1.82, 2.24) is 14.7 Å². The first kappa shape index (κ1) is 17.7. The van der Waals surface area contributed by atoms with Gasteiger partial charge in [0.2, 0.25) is 0 Å². The van der Waals surface area contributed by atoms with Crippen LogP contribution in [0.2, 0.25) is 0 Å². The third kappa shape index (κ3) is 4.86. The molecule has 0 saturated carbocycles. The molecule has 7 heteroatoms. The number of carboxylic acid groups (broad SMARTS) is 1. The van der Waals surface area contributed by atoms with Gasteiger partial charge in [-0.3, -0.25) is 4.79 Å². The first-order chi connectivity index (χ1) is 9.76. The molecule has 0 bridgehead atoms. The molecule has 0 aromatic heterocycles. The lowest BCUT2D eigenvalue weighted by Crippen LogP contribution is -2.51. The monoisotopic (exact) mass is 301 g/mol. The van der Waals surface area contributed by atoms with Crippen molar-refractivity contribution in [3.8, 4) is 0 Å². The number of likely N-dealkylation sites (N-methyl/N-ethyl adjacent to an activating group) is 1. The van der Waals surface area contributed by atoms with Crippen LogP contribution in [0.25, 0.3) is 0 Å². The van der Waals surface area contributed by atoms with E-state index in [0.717, 1.165) is 0 Å². The summed E-state index contributed by atoms with van der Waals surface area (Å²) >= 11 is 0. The Bertz CT molecular complexity index is 375. The van der Waals surface area contributed by atoms with Gasteiger partial charge in [-0.05, 0) is 34.4 Å². The minimum absolute atomic E-state index is 0.0337. The molecule has 1 fully saturated rings. The number of carbonyl (C=O) groups excluding carboxylic acids is 1. The van der Waals surface area contributed by atoms with Crippen LogP contribution in [0.15, 0.2) is 0 Å². The smallest absolute Gasteiger partial charge is 0.320 e. The van der Waals surface area contributed by atoms with Gasteiger partial charge in [-0.1, -0.05) is 0 Å². The van der Waals surface area contributed by atoms with E-state index in [9.17, 15) is 14.7 Å². The standard InChI is InChI=1S/C14H27N3O4/c1-5-16(10(2)6-13(19)20)14(21)17-9-12(18)7-11(17)8-15(3)4/h10-12,18H,5-9H2,1-4H3,(H,19,20). The number of aliphatic carboxylic acids is 1. The van der Waals surface area contributed by atoms with Crippen LogP contribution in [-0.2, 0) is 4.79 Å². The molecule has 2 N–H and O–H groups in total. The number of aliphatic hydroxyl groups excluding tert-OH is 1. The second kappa shape index (κ2) is 7.61. The topological polar surface area (TPSA) is 84.3 Å². The molecule has 1 aliphatic heterocycles. The minimum Gasteiger partial charge on any atom is -0.481 e. The van der Waals surface area contributed by atoms with Crippen molar-refractivity contribution >= 4 is 12.0 Å². The predicted octanol–water partition coefficient (Wildman–Crippen LogP) is 0.288. The van der Waals surface area contributed by atoms with Crippen LogP contribution in [0.5, 0.6) is 0 Å². The van der Waals surface area contributed by atoms with Crippen LogP contribution in [0.1, 0.15) is 26.7 Å². The van der Waals surface area contributed by atoms with Gasteiger partial charge in [0.1, 0.15) is 0 Å². The summed E-state index contributed by atoms with van der Waals surface area (Å²) in [6.45, 7) is 5.03. The largest absolute Gasteiger partial charge is 0.481 e. The van der Waals surface area contributed by atoms with E-state index in [2.05, 4.69) is 0 Å². The maximum atomic E-state index is 12.7. The van der Waals surface area contributed by atoms with E-state index in [1.54, 1.807) is 16.7 Å². The highest BCUT2D eigenvalue weighted by Crippen LogP contribution is 2.21. The molecule has 122 valence electrons. The lowest BCUT2D eigenvalue weighted by atomic mass is 10.2. The number of amides is 2. The van der Waals surface area contributed by atoms with E-state index in [4.69, 9.17) is 5.11 Å². The normalized spacial score (nSPS) is 23.4. The molecule has 1 heterocycles. The SMILES string of the molecule is CCN(C(=O)N1CC(O)CC1CN(C)C)C(C)CC(=O)O. The first-order valence-electron chi connectivity index (χ1n) is 7.38. The Morgan fingerprint density at radius 1 is 1.38 bits per heavy atom. The van der Waals surface area contributed by atoms with Crippen LogP contribution in [0, 0.1) is 0 Å². The Morgan fingerprint density at radius 3 is 2.48 bits per heavy atom. The molecule has 1 rings (SSSR count). The summed E-state index contributed by atoms with van der Waals surface area (Å²) < 4.78 is 0. The molecule has 1 aliphatic rings. The van der Waals surface area contributed by atoms with Gasteiger partial charge in [0.05, 0.1) is 12.5 Å². The highest BCUT2D eigenvalue weighted by Gasteiger charge is 2.37. The van der Waals surface area contributed by atoms with Crippen molar-refractivity contribution in [1.29, 1.82) is 0 Å². The maximum absolute atomic E-state index is 12.7. The fourth-order valence-corrected chi connectivity index (χ4v) is 2.88. The Morgan fingerprint density at radius 2 is 2.00 bits per heavy atom. The number of urea groups is 1. The van der Waals surface area contributed by atoms with Crippen LogP contribution >= 0.6 is 0 Å². The Labute approximate surface area is 126 Å². The van der Waals surface area contributed by atoms with Crippen LogP contribution in [0.3, 0.4) is 0 Å². The molecular formula is C14H27N3O4. The summed E-state index contributed by atoms with van der Waals surface area (Å²) in [7, 11) is 3.86. The highest BCUT2D eigenvalue weighted by molar-refractivity contribution is 5.76. The van der Waals surface area contributed by atoms with E-state index in [-0.39, 0.29) is 24.5 Å². The predicted molar refractivity (Wildman–Crippen MR) is 79.2 cm³/mol. The average Bonchev–Trinajstić information content (AvgIpc) is 2.68. The Balaban J connectivity index is 2.79. The van der Waals surface area contributed by atoms with Crippen molar-refractivity contribution in [3.63, 3.8) is 0 Å². The maximum Gasteiger partial charge on any atom is 0.320 e. The summed E-state index contributed by atoms with van der Waals surface area (Å²) in [5, 5.41) is 18.7. The zero-order valence-electron chi connectivity index (χ0n) is 13.3. The Hall–Kier alpha value is -1.34. The number of carboxylic acids is 1. The van der Waals surface area contributed by atoms with Gasteiger partial charge in [0.25, 0.3) is 0 Å². The molecule has 21 heavy (non-hydrogen) atoms. The van der Waals surface area contributed by atoms with Crippen molar-refractivity contribution in [2.24, 2.45) is 0 Å². The number of hydrogen-bond acceptors (Lipinski definition) is 4. The Kier molecular flexibility index (Phi) is 6.42. The van der Waals surface area contributed by atoms with Crippen molar-refractivity contribution in [2.45, 2.75) is 44.9 Å².